The molecule has 0 aliphatic carbocycles. The van der Waals surface area contributed by atoms with Crippen molar-refractivity contribution >= 4 is 11.6 Å². The predicted molar refractivity (Wildman–Crippen MR) is 75.3 cm³/mol. The molecule has 96 valence electrons. The van der Waals surface area contributed by atoms with Gasteiger partial charge >= 0.3 is 0 Å². The van der Waals surface area contributed by atoms with Crippen molar-refractivity contribution in [1.29, 1.82) is 0 Å². The third kappa shape index (κ3) is 4.60. The van der Waals surface area contributed by atoms with E-state index in [2.05, 4.69) is 16.6 Å². The molecule has 1 aromatic carbocycles. The molecule has 0 aromatic heterocycles. The minimum absolute atomic E-state index is 0.0530. The average molecular weight is 244 g/mol. The molecule has 3 heteroatoms. The highest BCUT2D eigenvalue weighted by atomic mass is 16.2. The highest BCUT2D eigenvalue weighted by Crippen LogP contribution is 2.09. The van der Waals surface area contributed by atoms with Crippen molar-refractivity contribution in [3.8, 4) is 12.3 Å². The number of nitrogens with one attached hydrogen (secondary N) is 2. The predicted octanol–water partition coefficient (Wildman–Crippen LogP) is 2.32. The maximum atomic E-state index is 11.9. The monoisotopic (exact) mass is 244 g/mol. The van der Waals surface area contributed by atoms with E-state index in [9.17, 15) is 4.79 Å². The SMILES string of the molecule is C#CCC(C)NC(C)C(=O)Nc1ccc(C)cc1. The Kier molecular flexibility index (Phi) is 5.41. The third-order valence-electron chi connectivity index (χ3n) is 2.67. The van der Waals surface area contributed by atoms with Crippen molar-refractivity contribution in [2.45, 2.75) is 39.3 Å². The minimum atomic E-state index is -0.269. The molecule has 0 aliphatic rings. The fourth-order valence-electron chi connectivity index (χ4n) is 1.63. The lowest BCUT2D eigenvalue weighted by Gasteiger charge is -2.18. The second-order valence-electron chi connectivity index (χ2n) is 4.55. The van der Waals surface area contributed by atoms with E-state index >= 15 is 0 Å². The standard InChI is InChI=1S/C15H20N2O/c1-5-6-12(3)16-13(4)15(18)17-14-9-7-11(2)8-10-14/h1,7-10,12-13,16H,6H2,2-4H3,(H,17,18). The second-order valence-corrected chi connectivity index (χ2v) is 4.55. The van der Waals surface area contributed by atoms with Crippen LogP contribution in [0, 0.1) is 19.3 Å². The van der Waals surface area contributed by atoms with Crippen LogP contribution < -0.4 is 10.6 Å². The van der Waals surface area contributed by atoms with Gasteiger partial charge in [0.2, 0.25) is 5.91 Å². The third-order valence-corrected chi connectivity index (χ3v) is 2.67. The van der Waals surface area contributed by atoms with Crippen LogP contribution in [-0.4, -0.2) is 18.0 Å². The Labute approximate surface area is 109 Å². The molecule has 0 bridgehead atoms. The highest BCUT2D eigenvalue weighted by Gasteiger charge is 2.14. The Morgan fingerprint density at radius 1 is 1.33 bits per heavy atom. The fraction of sp³-hybridized carbons (Fsp3) is 0.400. The van der Waals surface area contributed by atoms with Crippen molar-refractivity contribution in [2.24, 2.45) is 0 Å². The lowest BCUT2D eigenvalue weighted by Crippen LogP contribution is -2.42. The fourth-order valence-corrected chi connectivity index (χ4v) is 1.63. The molecule has 1 rings (SSSR count). The number of benzene rings is 1. The molecule has 0 saturated carbocycles. The van der Waals surface area contributed by atoms with Gasteiger partial charge in [-0.05, 0) is 32.9 Å². The number of rotatable bonds is 5. The van der Waals surface area contributed by atoms with E-state index in [1.54, 1.807) is 0 Å². The number of hydrogen-bond acceptors (Lipinski definition) is 2. The molecule has 0 radical (unpaired) electrons. The van der Waals surface area contributed by atoms with Crippen LogP contribution in [0.2, 0.25) is 0 Å². The van der Waals surface area contributed by atoms with Gasteiger partial charge in [0.25, 0.3) is 0 Å². The molecule has 0 heterocycles. The summed E-state index contributed by atoms with van der Waals surface area (Å²) in [7, 11) is 0. The molecular weight excluding hydrogens is 224 g/mol. The first-order chi connectivity index (χ1) is 8.52. The maximum absolute atomic E-state index is 11.9. The van der Waals surface area contributed by atoms with Crippen LogP contribution >= 0.6 is 0 Å². The molecule has 0 saturated heterocycles. The van der Waals surface area contributed by atoms with Crippen LogP contribution in [0.5, 0.6) is 0 Å². The molecule has 0 fully saturated rings. The van der Waals surface area contributed by atoms with Gasteiger partial charge in [-0.15, -0.1) is 12.3 Å². The largest absolute Gasteiger partial charge is 0.325 e. The highest BCUT2D eigenvalue weighted by molar-refractivity contribution is 5.94. The van der Waals surface area contributed by atoms with E-state index in [0.717, 1.165) is 5.69 Å². The summed E-state index contributed by atoms with van der Waals surface area (Å²) in [5.74, 6) is 2.52. The molecule has 0 spiro atoms. The molecule has 2 N–H and O–H groups in total. The van der Waals surface area contributed by atoms with E-state index in [1.165, 1.54) is 5.56 Å². The topological polar surface area (TPSA) is 41.1 Å². The zero-order chi connectivity index (χ0) is 13.5. The van der Waals surface area contributed by atoms with E-state index in [4.69, 9.17) is 6.42 Å². The Bertz CT molecular complexity index is 431. The van der Waals surface area contributed by atoms with Gasteiger partial charge in [-0.2, -0.15) is 0 Å². The lowest BCUT2D eigenvalue weighted by molar-refractivity contribution is -0.117. The summed E-state index contributed by atoms with van der Waals surface area (Å²) in [5.41, 5.74) is 1.98. The van der Waals surface area contributed by atoms with Crippen LogP contribution in [0.15, 0.2) is 24.3 Å². The average Bonchev–Trinajstić information content (AvgIpc) is 2.32. The summed E-state index contributed by atoms with van der Waals surface area (Å²) in [5, 5.41) is 6.02. The number of anilines is 1. The number of amides is 1. The van der Waals surface area contributed by atoms with Gasteiger partial charge in [-0.1, -0.05) is 17.7 Å². The number of hydrogen-bond donors (Lipinski definition) is 2. The zero-order valence-corrected chi connectivity index (χ0v) is 11.2. The second kappa shape index (κ2) is 6.83. The molecule has 3 nitrogen and oxygen atoms in total. The first-order valence-electron chi connectivity index (χ1n) is 6.10. The van der Waals surface area contributed by atoms with Crippen molar-refractivity contribution in [3.05, 3.63) is 29.8 Å². The van der Waals surface area contributed by atoms with Gasteiger partial charge in [0.15, 0.2) is 0 Å². The van der Waals surface area contributed by atoms with Crippen LogP contribution in [-0.2, 0) is 4.79 Å². The van der Waals surface area contributed by atoms with E-state index < -0.39 is 0 Å². The van der Waals surface area contributed by atoms with Gasteiger partial charge < -0.3 is 10.6 Å². The first-order valence-corrected chi connectivity index (χ1v) is 6.10. The van der Waals surface area contributed by atoms with E-state index in [0.29, 0.717) is 6.42 Å². The Morgan fingerprint density at radius 2 is 1.94 bits per heavy atom. The Balaban J connectivity index is 2.50. The summed E-state index contributed by atoms with van der Waals surface area (Å²) < 4.78 is 0. The summed E-state index contributed by atoms with van der Waals surface area (Å²) in [6, 6.07) is 7.59. The number of carbonyl (C=O) groups is 1. The minimum Gasteiger partial charge on any atom is -0.325 e. The van der Waals surface area contributed by atoms with Gasteiger partial charge in [0, 0.05) is 18.2 Å². The summed E-state index contributed by atoms with van der Waals surface area (Å²) in [4.78, 5) is 11.9. The van der Waals surface area contributed by atoms with Crippen LogP contribution in [0.4, 0.5) is 5.69 Å². The van der Waals surface area contributed by atoms with Crippen LogP contribution in [0.1, 0.15) is 25.8 Å². The van der Waals surface area contributed by atoms with E-state index in [1.807, 2.05) is 45.0 Å². The molecule has 2 atom stereocenters. The Hall–Kier alpha value is -1.79. The smallest absolute Gasteiger partial charge is 0.241 e. The molecular formula is C15H20N2O. The normalized spacial score (nSPS) is 13.4. The van der Waals surface area contributed by atoms with Crippen molar-refractivity contribution in [1.82, 2.24) is 5.32 Å². The quantitative estimate of drug-likeness (QED) is 0.780. The maximum Gasteiger partial charge on any atom is 0.241 e. The van der Waals surface area contributed by atoms with Gasteiger partial charge in [0.1, 0.15) is 0 Å². The van der Waals surface area contributed by atoms with Gasteiger partial charge in [0.05, 0.1) is 6.04 Å². The molecule has 0 aliphatic heterocycles. The molecule has 18 heavy (non-hydrogen) atoms. The number of aryl methyl sites for hydroxylation is 1. The van der Waals surface area contributed by atoms with Crippen molar-refractivity contribution in [2.75, 3.05) is 5.32 Å². The lowest BCUT2D eigenvalue weighted by atomic mass is 10.2. The molecule has 1 amide bonds. The van der Waals surface area contributed by atoms with Crippen molar-refractivity contribution < 1.29 is 4.79 Å². The van der Waals surface area contributed by atoms with Crippen LogP contribution in [0.3, 0.4) is 0 Å². The van der Waals surface area contributed by atoms with Gasteiger partial charge in [-0.25, -0.2) is 0 Å². The van der Waals surface area contributed by atoms with Crippen LogP contribution in [0.25, 0.3) is 0 Å². The number of terminal acetylenes is 1. The molecule has 2 unspecified atom stereocenters. The first kappa shape index (κ1) is 14.3. The van der Waals surface area contributed by atoms with Gasteiger partial charge in [-0.3, -0.25) is 4.79 Å². The van der Waals surface area contributed by atoms with Crippen molar-refractivity contribution in [3.63, 3.8) is 0 Å². The molecule has 1 aromatic rings. The van der Waals surface area contributed by atoms with E-state index in [-0.39, 0.29) is 18.0 Å². The summed E-state index contributed by atoms with van der Waals surface area (Å²) in [6.45, 7) is 5.81. The summed E-state index contributed by atoms with van der Waals surface area (Å²) >= 11 is 0. The summed E-state index contributed by atoms with van der Waals surface area (Å²) in [6.07, 6.45) is 5.84. The zero-order valence-electron chi connectivity index (χ0n) is 11.2. The number of carbonyl (C=O) groups excluding carboxylic acids is 1. The Morgan fingerprint density at radius 3 is 2.50 bits per heavy atom.